The van der Waals surface area contributed by atoms with Crippen LogP contribution in [0.1, 0.15) is 20.3 Å². The van der Waals surface area contributed by atoms with Crippen LogP contribution in [0.4, 0.5) is 0 Å². The van der Waals surface area contributed by atoms with Crippen LogP contribution in [-0.2, 0) is 9.59 Å². The van der Waals surface area contributed by atoms with Crippen LogP contribution in [-0.4, -0.2) is 24.3 Å². The fourth-order valence-electron chi connectivity index (χ4n) is 0.793. The van der Waals surface area contributed by atoms with Crippen molar-refractivity contribution >= 4 is 17.8 Å². The van der Waals surface area contributed by atoms with Crippen LogP contribution in [0.5, 0.6) is 0 Å². The number of hydrogen-bond donors (Lipinski definition) is 0. The third-order valence-corrected chi connectivity index (χ3v) is 1.54. The highest BCUT2D eigenvalue weighted by Gasteiger charge is 2.00. The minimum atomic E-state index is -0.00313. The second kappa shape index (κ2) is 6.95. The molecule has 0 atom stereocenters. The molecule has 76 valence electrons. The molecule has 0 saturated heterocycles. The lowest BCUT2D eigenvalue weighted by Gasteiger charge is -1.94. The molecule has 0 aromatic rings. The van der Waals surface area contributed by atoms with Crippen LogP contribution < -0.4 is 0 Å². The molecule has 0 fully saturated rings. The molecule has 0 rings (SSSR count). The van der Waals surface area contributed by atoms with Gasteiger partial charge in [0.05, 0.1) is 6.54 Å². The first-order valence-corrected chi connectivity index (χ1v) is 4.47. The number of carbonyl (C=O) groups excluding carboxylic acids is 2. The topological polar surface area (TPSA) is 46.5 Å². The number of rotatable bonds is 6. The number of nitrogens with zero attached hydrogens (tertiary/aromatic N) is 1. The molecule has 14 heavy (non-hydrogen) atoms. The van der Waals surface area contributed by atoms with Gasteiger partial charge < -0.3 is 0 Å². The highest BCUT2D eigenvalue weighted by atomic mass is 16.1. The zero-order valence-corrected chi connectivity index (χ0v) is 8.62. The number of carbonyl (C=O) groups is 2. The van der Waals surface area contributed by atoms with Gasteiger partial charge in [-0.2, -0.15) is 0 Å². The Hall–Kier alpha value is -1.51. The van der Waals surface area contributed by atoms with E-state index in [1.54, 1.807) is 13.0 Å². The van der Waals surface area contributed by atoms with E-state index in [9.17, 15) is 9.59 Å². The third-order valence-electron chi connectivity index (χ3n) is 1.54. The molecule has 0 heterocycles. The van der Waals surface area contributed by atoms with Crippen molar-refractivity contribution in [2.75, 3.05) is 6.54 Å². The summed E-state index contributed by atoms with van der Waals surface area (Å²) in [5.41, 5.74) is 0.528. The van der Waals surface area contributed by atoms with Crippen LogP contribution in [0, 0.1) is 0 Å². The Morgan fingerprint density at radius 3 is 2.50 bits per heavy atom. The van der Waals surface area contributed by atoms with Gasteiger partial charge >= 0.3 is 0 Å². The summed E-state index contributed by atoms with van der Waals surface area (Å²) in [6.07, 6.45) is 4.97. The van der Waals surface area contributed by atoms with Gasteiger partial charge in [-0.05, 0) is 13.0 Å². The van der Waals surface area contributed by atoms with Crippen LogP contribution in [0.25, 0.3) is 0 Å². The first-order chi connectivity index (χ1) is 6.61. The van der Waals surface area contributed by atoms with Crippen LogP contribution in [0.15, 0.2) is 29.3 Å². The minimum absolute atomic E-state index is 0.00313. The fourth-order valence-corrected chi connectivity index (χ4v) is 0.793. The summed E-state index contributed by atoms with van der Waals surface area (Å²) in [4.78, 5) is 25.6. The maximum atomic E-state index is 11.2. The first-order valence-electron chi connectivity index (χ1n) is 4.47. The van der Waals surface area contributed by atoms with E-state index in [-0.39, 0.29) is 18.1 Å². The minimum Gasteiger partial charge on any atom is -0.298 e. The Morgan fingerprint density at radius 2 is 2.07 bits per heavy atom. The highest BCUT2D eigenvalue weighted by molar-refractivity contribution is 6.01. The molecule has 0 N–H and O–H groups in total. The van der Waals surface area contributed by atoms with Gasteiger partial charge in [-0.15, -0.1) is 0 Å². The smallest absolute Gasteiger partial charge is 0.162 e. The van der Waals surface area contributed by atoms with E-state index in [2.05, 4.69) is 11.6 Å². The molecule has 0 radical (unpaired) electrons. The van der Waals surface area contributed by atoms with Crippen molar-refractivity contribution in [3.8, 4) is 0 Å². The molecule has 0 aliphatic carbocycles. The van der Waals surface area contributed by atoms with E-state index >= 15 is 0 Å². The van der Waals surface area contributed by atoms with Crippen LogP contribution in [0.2, 0.25) is 0 Å². The summed E-state index contributed by atoms with van der Waals surface area (Å²) in [5.74, 6) is 0.0193. The van der Waals surface area contributed by atoms with Gasteiger partial charge in [-0.25, -0.2) is 0 Å². The molecule has 0 aliphatic heterocycles. The Labute approximate surface area is 84.2 Å². The van der Waals surface area contributed by atoms with E-state index in [1.165, 1.54) is 19.2 Å². The van der Waals surface area contributed by atoms with Gasteiger partial charge in [-0.1, -0.05) is 19.6 Å². The van der Waals surface area contributed by atoms with Gasteiger partial charge in [0.1, 0.15) is 0 Å². The van der Waals surface area contributed by atoms with Crippen molar-refractivity contribution in [3.05, 3.63) is 24.3 Å². The molecule has 0 aliphatic rings. The van der Waals surface area contributed by atoms with Crippen molar-refractivity contribution in [3.63, 3.8) is 0 Å². The lowest BCUT2D eigenvalue weighted by molar-refractivity contribution is -0.116. The van der Waals surface area contributed by atoms with Crippen molar-refractivity contribution < 1.29 is 9.59 Å². The summed E-state index contributed by atoms with van der Waals surface area (Å²) < 4.78 is 0. The lowest BCUT2D eigenvalue weighted by Crippen LogP contribution is -1.98. The molecule has 0 aromatic heterocycles. The molecule has 3 nitrogen and oxygen atoms in total. The zero-order chi connectivity index (χ0) is 11.0. The average molecular weight is 193 g/mol. The van der Waals surface area contributed by atoms with Crippen molar-refractivity contribution in [1.29, 1.82) is 0 Å². The second-order valence-corrected chi connectivity index (χ2v) is 2.79. The van der Waals surface area contributed by atoms with Gasteiger partial charge in [0.15, 0.2) is 11.6 Å². The lowest BCUT2D eigenvalue weighted by atomic mass is 10.1. The quantitative estimate of drug-likeness (QED) is 0.366. The molecule has 0 unspecified atom stereocenters. The van der Waals surface area contributed by atoms with Crippen molar-refractivity contribution in [1.82, 2.24) is 0 Å². The van der Waals surface area contributed by atoms with Gasteiger partial charge in [-0.3, -0.25) is 14.6 Å². The summed E-state index contributed by atoms with van der Waals surface area (Å²) in [5, 5.41) is 0. The number of hydrogen-bond acceptors (Lipinski definition) is 3. The number of aliphatic imine (C=N–C) groups is 1. The SMILES string of the molecule is C=C/C(=C\C=NCC(C)=O)C(=O)CC. The molecule has 0 aromatic carbocycles. The van der Waals surface area contributed by atoms with E-state index < -0.39 is 0 Å². The monoisotopic (exact) mass is 193 g/mol. The molecule has 0 spiro atoms. The molecular weight excluding hydrogens is 178 g/mol. The maximum Gasteiger partial charge on any atom is 0.162 e. The van der Waals surface area contributed by atoms with E-state index in [1.807, 2.05) is 0 Å². The molecule has 0 bridgehead atoms. The Kier molecular flexibility index (Phi) is 6.20. The first kappa shape index (κ1) is 12.5. The van der Waals surface area contributed by atoms with Crippen LogP contribution >= 0.6 is 0 Å². The largest absolute Gasteiger partial charge is 0.298 e. The second-order valence-electron chi connectivity index (χ2n) is 2.79. The number of Topliss-reactive ketones (excluding diaryl/α,β-unsaturated/α-hetero) is 2. The maximum absolute atomic E-state index is 11.2. The molecule has 0 amide bonds. The standard InChI is InChI=1S/C11H15NO2/c1-4-10(11(14)5-2)6-7-12-8-9(3)13/h4,6-7H,1,5,8H2,2-3H3/b10-6+,12-7?. The summed E-state index contributed by atoms with van der Waals surface area (Å²) in [6.45, 7) is 6.93. The Bertz CT molecular complexity index is 288. The summed E-state index contributed by atoms with van der Waals surface area (Å²) in [6, 6.07) is 0. The highest BCUT2D eigenvalue weighted by Crippen LogP contribution is 1.99. The Morgan fingerprint density at radius 1 is 1.43 bits per heavy atom. The molecular formula is C11H15NO2. The average Bonchev–Trinajstić information content (AvgIpc) is 2.16. The van der Waals surface area contributed by atoms with Crippen molar-refractivity contribution in [2.24, 2.45) is 4.99 Å². The molecule has 3 heteroatoms. The number of allylic oxidation sites excluding steroid dienone is 3. The van der Waals surface area contributed by atoms with Crippen molar-refractivity contribution in [2.45, 2.75) is 20.3 Å². The zero-order valence-electron chi connectivity index (χ0n) is 8.62. The predicted molar refractivity (Wildman–Crippen MR) is 57.6 cm³/mol. The Balaban J connectivity index is 4.32. The summed E-state index contributed by atoms with van der Waals surface area (Å²) in [7, 11) is 0. The van der Waals surface area contributed by atoms with Gasteiger partial charge in [0.25, 0.3) is 0 Å². The van der Waals surface area contributed by atoms with Gasteiger partial charge in [0, 0.05) is 18.2 Å². The predicted octanol–water partition coefficient (Wildman–Crippen LogP) is 1.74. The van der Waals surface area contributed by atoms with Gasteiger partial charge in [0.2, 0.25) is 0 Å². The van der Waals surface area contributed by atoms with Crippen LogP contribution in [0.3, 0.4) is 0 Å². The normalized spacial score (nSPS) is 11.7. The molecule has 0 saturated carbocycles. The number of ketones is 2. The fraction of sp³-hybridized carbons (Fsp3) is 0.364. The third kappa shape index (κ3) is 5.19. The van der Waals surface area contributed by atoms with E-state index in [0.717, 1.165) is 0 Å². The van der Waals surface area contributed by atoms with E-state index in [4.69, 9.17) is 0 Å². The summed E-state index contributed by atoms with van der Waals surface area (Å²) >= 11 is 0. The van der Waals surface area contributed by atoms with E-state index in [0.29, 0.717) is 12.0 Å².